The van der Waals surface area contributed by atoms with Crippen molar-refractivity contribution in [3.8, 4) is 0 Å². The van der Waals surface area contributed by atoms with Gasteiger partial charge in [-0.25, -0.2) is 0 Å². The summed E-state index contributed by atoms with van der Waals surface area (Å²) in [4.78, 5) is 1.17. The summed E-state index contributed by atoms with van der Waals surface area (Å²) in [5, 5.41) is 15.1. The van der Waals surface area contributed by atoms with E-state index in [4.69, 9.17) is 4.74 Å². The lowest BCUT2D eigenvalue weighted by Gasteiger charge is -2.14. The molecular formula is C15H18BrNO2S. The molecule has 0 fully saturated rings. The van der Waals surface area contributed by atoms with Gasteiger partial charge in [0, 0.05) is 21.6 Å². The average molecular weight is 356 g/mol. The molecule has 0 aliphatic heterocycles. The molecule has 2 aromatic rings. The molecule has 1 aromatic carbocycles. The van der Waals surface area contributed by atoms with Gasteiger partial charge < -0.3 is 15.2 Å². The summed E-state index contributed by atoms with van der Waals surface area (Å²) in [5.41, 5.74) is 2.18. The number of anilines is 1. The summed E-state index contributed by atoms with van der Waals surface area (Å²) in [6.45, 7) is 3.41. The van der Waals surface area contributed by atoms with E-state index in [-0.39, 0.29) is 0 Å². The second-order valence-electron chi connectivity index (χ2n) is 4.59. The molecule has 1 aromatic heterocycles. The van der Waals surface area contributed by atoms with E-state index < -0.39 is 6.10 Å². The molecule has 0 bridgehead atoms. The Morgan fingerprint density at radius 1 is 1.40 bits per heavy atom. The lowest BCUT2D eigenvalue weighted by atomic mass is 10.2. The van der Waals surface area contributed by atoms with Crippen LogP contribution < -0.4 is 5.32 Å². The summed E-state index contributed by atoms with van der Waals surface area (Å²) in [5.74, 6) is 0. The van der Waals surface area contributed by atoms with Crippen LogP contribution in [-0.2, 0) is 11.3 Å². The van der Waals surface area contributed by atoms with Gasteiger partial charge in [-0.2, -0.15) is 0 Å². The minimum absolute atomic E-state index is 0.334. The third-order valence-electron chi connectivity index (χ3n) is 2.85. The van der Waals surface area contributed by atoms with Crippen molar-refractivity contribution in [2.75, 3.05) is 18.5 Å². The summed E-state index contributed by atoms with van der Waals surface area (Å²) in [6, 6.07) is 10.0. The number of ether oxygens (including phenoxy) is 1. The Bertz CT molecular complexity index is 531. The first-order chi connectivity index (χ1) is 9.65. The fourth-order valence-corrected chi connectivity index (χ4v) is 2.92. The summed E-state index contributed by atoms with van der Waals surface area (Å²) in [6.07, 6.45) is -0.516. The minimum atomic E-state index is -0.516. The number of nitrogens with one attached hydrogen (secondary N) is 1. The zero-order valence-electron chi connectivity index (χ0n) is 11.3. The third kappa shape index (κ3) is 4.90. The number of aliphatic hydroxyl groups excluding tert-OH is 1. The number of halogens is 1. The highest BCUT2D eigenvalue weighted by molar-refractivity contribution is 9.10. The molecule has 1 unspecified atom stereocenters. The first-order valence-electron chi connectivity index (χ1n) is 6.43. The minimum Gasteiger partial charge on any atom is -0.389 e. The predicted molar refractivity (Wildman–Crippen MR) is 87.4 cm³/mol. The molecule has 3 nitrogen and oxygen atoms in total. The van der Waals surface area contributed by atoms with Gasteiger partial charge in [0.1, 0.15) is 0 Å². The van der Waals surface area contributed by atoms with E-state index in [1.165, 1.54) is 4.88 Å². The average Bonchev–Trinajstić information content (AvgIpc) is 2.91. The van der Waals surface area contributed by atoms with Crippen molar-refractivity contribution >= 4 is 33.0 Å². The molecule has 1 heterocycles. The van der Waals surface area contributed by atoms with E-state index in [0.717, 1.165) is 15.7 Å². The van der Waals surface area contributed by atoms with Gasteiger partial charge in [0.05, 0.1) is 19.3 Å². The van der Waals surface area contributed by atoms with Crippen LogP contribution in [0.15, 0.2) is 40.2 Å². The number of hydrogen-bond donors (Lipinski definition) is 2. The van der Waals surface area contributed by atoms with Crippen molar-refractivity contribution in [1.82, 2.24) is 0 Å². The van der Waals surface area contributed by atoms with Crippen LogP contribution in [0.3, 0.4) is 0 Å². The fourth-order valence-electron chi connectivity index (χ4n) is 1.80. The van der Waals surface area contributed by atoms with Crippen LogP contribution in [0.2, 0.25) is 0 Å². The van der Waals surface area contributed by atoms with Crippen LogP contribution in [0.5, 0.6) is 0 Å². The van der Waals surface area contributed by atoms with Gasteiger partial charge in [0.25, 0.3) is 0 Å². The van der Waals surface area contributed by atoms with E-state index in [0.29, 0.717) is 19.8 Å². The highest BCUT2D eigenvalue weighted by Gasteiger charge is 2.06. The van der Waals surface area contributed by atoms with Crippen LogP contribution >= 0.6 is 27.3 Å². The van der Waals surface area contributed by atoms with Crippen LogP contribution in [0.1, 0.15) is 10.4 Å². The van der Waals surface area contributed by atoms with E-state index in [1.807, 2.05) is 42.6 Å². The molecule has 108 valence electrons. The molecule has 2 N–H and O–H groups in total. The van der Waals surface area contributed by atoms with Crippen molar-refractivity contribution in [2.24, 2.45) is 0 Å². The zero-order valence-corrected chi connectivity index (χ0v) is 13.7. The second-order valence-corrected chi connectivity index (χ2v) is 6.54. The van der Waals surface area contributed by atoms with Crippen molar-refractivity contribution < 1.29 is 9.84 Å². The van der Waals surface area contributed by atoms with Crippen molar-refractivity contribution in [3.05, 3.63) is 50.6 Å². The Labute approximate surface area is 131 Å². The summed E-state index contributed by atoms with van der Waals surface area (Å²) >= 11 is 5.09. The molecule has 0 aliphatic carbocycles. The molecule has 20 heavy (non-hydrogen) atoms. The summed E-state index contributed by atoms with van der Waals surface area (Å²) < 4.78 is 6.55. The molecule has 0 saturated carbocycles. The maximum atomic E-state index is 9.89. The SMILES string of the molecule is Cc1cc(Br)ccc1NCC(O)COCc1cccs1. The van der Waals surface area contributed by atoms with E-state index in [2.05, 4.69) is 21.2 Å². The number of hydrogen-bond acceptors (Lipinski definition) is 4. The third-order valence-corrected chi connectivity index (χ3v) is 4.19. The highest BCUT2D eigenvalue weighted by atomic mass is 79.9. The lowest BCUT2D eigenvalue weighted by molar-refractivity contribution is 0.0359. The monoisotopic (exact) mass is 355 g/mol. The van der Waals surface area contributed by atoms with Gasteiger partial charge in [-0.1, -0.05) is 22.0 Å². The Kier molecular flexibility index (Phi) is 6.04. The Morgan fingerprint density at radius 3 is 2.95 bits per heavy atom. The maximum absolute atomic E-state index is 9.89. The van der Waals surface area contributed by atoms with Gasteiger partial charge in [0.15, 0.2) is 0 Å². The van der Waals surface area contributed by atoms with Crippen LogP contribution in [0.4, 0.5) is 5.69 Å². The number of rotatable bonds is 7. The standard InChI is InChI=1S/C15H18BrNO2S/c1-11-7-12(16)4-5-15(11)17-8-13(18)9-19-10-14-3-2-6-20-14/h2-7,13,17-18H,8-10H2,1H3. The Balaban J connectivity index is 1.70. The molecule has 2 rings (SSSR count). The highest BCUT2D eigenvalue weighted by Crippen LogP contribution is 2.19. The molecule has 0 spiro atoms. The van der Waals surface area contributed by atoms with E-state index in [9.17, 15) is 5.11 Å². The normalized spacial score (nSPS) is 12.3. The van der Waals surface area contributed by atoms with Crippen molar-refractivity contribution in [3.63, 3.8) is 0 Å². The first kappa shape index (κ1) is 15.5. The Hall–Kier alpha value is -0.880. The molecule has 5 heteroatoms. The zero-order chi connectivity index (χ0) is 14.4. The second kappa shape index (κ2) is 7.78. The number of aliphatic hydroxyl groups is 1. The van der Waals surface area contributed by atoms with Gasteiger partial charge in [-0.15, -0.1) is 11.3 Å². The molecule has 0 radical (unpaired) electrons. The molecule has 0 saturated heterocycles. The molecular weight excluding hydrogens is 338 g/mol. The molecule has 1 atom stereocenters. The van der Waals surface area contributed by atoms with Gasteiger partial charge in [0.2, 0.25) is 0 Å². The van der Waals surface area contributed by atoms with Crippen LogP contribution in [0.25, 0.3) is 0 Å². The largest absolute Gasteiger partial charge is 0.389 e. The topological polar surface area (TPSA) is 41.5 Å². The fraction of sp³-hybridized carbons (Fsp3) is 0.333. The van der Waals surface area contributed by atoms with Gasteiger partial charge >= 0.3 is 0 Å². The molecule has 0 aliphatic rings. The lowest BCUT2D eigenvalue weighted by Crippen LogP contribution is -2.25. The first-order valence-corrected chi connectivity index (χ1v) is 8.10. The predicted octanol–water partition coefficient (Wildman–Crippen LogP) is 3.81. The van der Waals surface area contributed by atoms with E-state index in [1.54, 1.807) is 11.3 Å². The smallest absolute Gasteiger partial charge is 0.0945 e. The summed E-state index contributed by atoms with van der Waals surface area (Å²) in [7, 11) is 0. The van der Waals surface area contributed by atoms with E-state index >= 15 is 0 Å². The van der Waals surface area contributed by atoms with Crippen LogP contribution in [0, 0.1) is 6.92 Å². The number of aryl methyl sites for hydroxylation is 1. The van der Waals surface area contributed by atoms with Crippen molar-refractivity contribution in [1.29, 1.82) is 0 Å². The van der Waals surface area contributed by atoms with Gasteiger partial charge in [-0.3, -0.25) is 0 Å². The number of thiophene rings is 1. The van der Waals surface area contributed by atoms with Gasteiger partial charge in [-0.05, 0) is 42.1 Å². The van der Waals surface area contributed by atoms with Crippen molar-refractivity contribution in [2.45, 2.75) is 19.6 Å². The molecule has 0 amide bonds. The maximum Gasteiger partial charge on any atom is 0.0945 e. The van der Waals surface area contributed by atoms with Crippen LogP contribution in [-0.4, -0.2) is 24.4 Å². The number of benzene rings is 1. The quantitative estimate of drug-likeness (QED) is 0.793. The Morgan fingerprint density at radius 2 is 2.25 bits per heavy atom.